The molecule has 2 aromatic rings. The van der Waals surface area contributed by atoms with Crippen LogP contribution in [0.15, 0.2) is 45.8 Å². The minimum absolute atomic E-state index is 0.310. The average molecular weight is 467 g/mol. The van der Waals surface area contributed by atoms with Crippen LogP contribution >= 0.6 is 15.9 Å². The molecule has 0 saturated heterocycles. The molecule has 9 heteroatoms. The molecule has 0 spiro atoms. The van der Waals surface area contributed by atoms with Gasteiger partial charge in [0.1, 0.15) is 0 Å². The van der Waals surface area contributed by atoms with Crippen molar-refractivity contribution in [1.82, 2.24) is 0 Å². The highest BCUT2D eigenvalue weighted by atomic mass is 79.9. The van der Waals surface area contributed by atoms with Gasteiger partial charge < -0.3 is 14.8 Å². The summed E-state index contributed by atoms with van der Waals surface area (Å²) in [5.41, 5.74) is 1.81. The minimum Gasteiger partial charge on any atom is -0.493 e. The van der Waals surface area contributed by atoms with Crippen LogP contribution in [0.4, 0.5) is 11.4 Å². The van der Waals surface area contributed by atoms with Crippen molar-refractivity contribution in [2.24, 2.45) is 0 Å². The smallest absolute Gasteiger partial charge is 0.269 e. The number of allylic oxidation sites excluding steroid dienone is 1. The van der Waals surface area contributed by atoms with Crippen molar-refractivity contribution in [2.45, 2.75) is 6.92 Å². The van der Waals surface area contributed by atoms with Gasteiger partial charge in [-0.1, -0.05) is 22.0 Å². The molecule has 0 aromatic heterocycles. The molecule has 0 unspecified atom stereocenters. The van der Waals surface area contributed by atoms with Gasteiger partial charge in [0.25, 0.3) is 15.9 Å². The Morgan fingerprint density at radius 1 is 1.11 bits per heavy atom. The molecule has 0 aliphatic carbocycles. The van der Waals surface area contributed by atoms with E-state index in [9.17, 15) is 13.2 Å². The van der Waals surface area contributed by atoms with Gasteiger partial charge in [0, 0.05) is 28.8 Å². The molecule has 7 nitrogen and oxygen atoms in total. The molecule has 1 heterocycles. The molecule has 28 heavy (non-hydrogen) atoms. The standard InChI is InChI=1S/C19H19BrN2O5S/c1-11-14-9-16(26-3)17(27-4)10-15(14)22(2)28(24,25)18(11)19(23)21-13-7-5-6-12(20)8-13/h5-10H,1-4H3,(H,21,23). The van der Waals surface area contributed by atoms with Crippen LogP contribution in [0.25, 0.3) is 5.57 Å². The number of hydrogen-bond donors (Lipinski definition) is 1. The maximum Gasteiger partial charge on any atom is 0.269 e. The molecule has 0 radical (unpaired) electrons. The normalized spacial score (nSPS) is 15.1. The zero-order valence-electron chi connectivity index (χ0n) is 15.7. The number of anilines is 2. The number of carbonyl (C=O) groups excluding carboxylic acids is 1. The lowest BCUT2D eigenvalue weighted by Crippen LogP contribution is -2.36. The Labute approximate surface area is 172 Å². The van der Waals surface area contributed by atoms with E-state index in [2.05, 4.69) is 21.2 Å². The van der Waals surface area contributed by atoms with Crippen molar-refractivity contribution in [3.8, 4) is 11.5 Å². The maximum absolute atomic E-state index is 13.1. The number of nitrogens with zero attached hydrogens (tertiary/aromatic N) is 1. The first kappa shape index (κ1) is 20.2. The van der Waals surface area contributed by atoms with Gasteiger partial charge in [-0.15, -0.1) is 0 Å². The summed E-state index contributed by atoms with van der Waals surface area (Å²) >= 11 is 3.33. The van der Waals surface area contributed by atoms with E-state index in [1.807, 2.05) is 0 Å². The Morgan fingerprint density at radius 2 is 1.75 bits per heavy atom. The molecule has 0 fully saturated rings. The van der Waals surface area contributed by atoms with E-state index >= 15 is 0 Å². The summed E-state index contributed by atoms with van der Waals surface area (Å²) in [6.07, 6.45) is 0. The summed E-state index contributed by atoms with van der Waals surface area (Å²) < 4.78 is 38.6. The van der Waals surface area contributed by atoms with Crippen molar-refractivity contribution in [2.75, 3.05) is 30.9 Å². The molecule has 0 bridgehead atoms. The van der Waals surface area contributed by atoms with Crippen LogP contribution in [-0.4, -0.2) is 35.6 Å². The number of nitrogens with one attached hydrogen (secondary N) is 1. The maximum atomic E-state index is 13.1. The largest absolute Gasteiger partial charge is 0.493 e. The Hall–Kier alpha value is -2.52. The van der Waals surface area contributed by atoms with Gasteiger partial charge in [0.15, 0.2) is 16.4 Å². The SMILES string of the molecule is COc1cc2c(cc1OC)N(C)S(=O)(=O)C(C(=O)Nc1cccc(Br)c1)=C2C. The Balaban J connectivity index is 2.15. The van der Waals surface area contributed by atoms with Crippen LogP contribution in [0.5, 0.6) is 11.5 Å². The van der Waals surface area contributed by atoms with Gasteiger partial charge in [0.2, 0.25) is 0 Å². The van der Waals surface area contributed by atoms with Gasteiger partial charge in [-0.25, -0.2) is 8.42 Å². The van der Waals surface area contributed by atoms with Crippen LogP contribution < -0.4 is 19.1 Å². The number of sulfonamides is 1. The van der Waals surface area contributed by atoms with Crippen molar-refractivity contribution in [3.63, 3.8) is 0 Å². The number of fused-ring (bicyclic) bond motifs is 1. The van der Waals surface area contributed by atoms with Crippen LogP contribution in [0.2, 0.25) is 0 Å². The second-order valence-corrected chi connectivity index (χ2v) is 8.94. The summed E-state index contributed by atoms with van der Waals surface area (Å²) in [6.45, 7) is 1.60. The lowest BCUT2D eigenvalue weighted by atomic mass is 10.0. The lowest BCUT2D eigenvalue weighted by molar-refractivity contribution is -0.112. The van der Waals surface area contributed by atoms with Crippen molar-refractivity contribution >= 4 is 48.8 Å². The van der Waals surface area contributed by atoms with E-state index in [0.29, 0.717) is 34.0 Å². The fourth-order valence-corrected chi connectivity index (χ4v) is 4.92. The molecule has 3 rings (SSSR count). The van der Waals surface area contributed by atoms with Gasteiger partial charge in [-0.3, -0.25) is 9.10 Å². The average Bonchev–Trinajstić information content (AvgIpc) is 2.65. The predicted molar refractivity (Wildman–Crippen MR) is 112 cm³/mol. The molecule has 0 atom stereocenters. The summed E-state index contributed by atoms with van der Waals surface area (Å²) in [6, 6.07) is 10.2. The van der Waals surface area contributed by atoms with Gasteiger partial charge >= 0.3 is 0 Å². The van der Waals surface area contributed by atoms with E-state index in [4.69, 9.17) is 9.47 Å². The lowest BCUT2D eigenvalue weighted by Gasteiger charge is -2.30. The molecule has 1 aliphatic rings. The number of carbonyl (C=O) groups is 1. The molecule has 1 aliphatic heterocycles. The second-order valence-electron chi connectivity index (χ2n) is 6.12. The number of halogens is 1. The molecule has 2 aromatic carbocycles. The Kier molecular flexibility index (Phi) is 5.40. The first-order chi connectivity index (χ1) is 13.2. The van der Waals surface area contributed by atoms with Crippen LogP contribution in [0.1, 0.15) is 12.5 Å². The topological polar surface area (TPSA) is 84.9 Å². The molecular weight excluding hydrogens is 448 g/mol. The molecule has 0 saturated carbocycles. The molecule has 148 valence electrons. The number of rotatable bonds is 4. The van der Waals surface area contributed by atoms with E-state index in [-0.39, 0.29) is 4.91 Å². The molecule has 1 amide bonds. The number of amides is 1. The summed E-state index contributed by atoms with van der Waals surface area (Å²) in [4.78, 5) is 12.6. The van der Waals surface area contributed by atoms with E-state index in [1.54, 1.807) is 43.3 Å². The van der Waals surface area contributed by atoms with E-state index in [1.165, 1.54) is 21.3 Å². The van der Waals surface area contributed by atoms with Crippen LogP contribution in [0.3, 0.4) is 0 Å². The van der Waals surface area contributed by atoms with Gasteiger partial charge in [0.05, 0.1) is 19.9 Å². The van der Waals surface area contributed by atoms with Crippen LogP contribution in [0, 0.1) is 0 Å². The highest BCUT2D eigenvalue weighted by Gasteiger charge is 2.38. The highest BCUT2D eigenvalue weighted by molar-refractivity contribution is 9.10. The summed E-state index contributed by atoms with van der Waals surface area (Å²) in [5, 5.41) is 2.65. The predicted octanol–water partition coefficient (Wildman–Crippen LogP) is 3.62. The third-order valence-electron chi connectivity index (χ3n) is 4.49. The van der Waals surface area contributed by atoms with Crippen molar-refractivity contribution < 1.29 is 22.7 Å². The molecule has 1 N–H and O–H groups in total. The van der Waals surface area contributed by atoms with Crippen molar-refractivity contribution in [3.05, 3.63) is 51.3 Å². The third kappa shape index (κ3) is 3.35. The first-order valence-corrected chi connectivity index (χ1v) is 10.5. The van der Waals surface area contributed by atoms with E-state index < -0.39 is 15.9 Å². The fraction of sp³-hybridized carbons (Fsp3) is 0.211. The van der Waals surface area contributed by atoms with Gasteiger partial charge in [-0.2, -0.15) is 0 Å². The minimum atomic E-state index is -4.05. The quantitative estimate of drug-likeness (QED) is 0.743. The van der Waals surface area contributed by atoms with Gasteiger partial charge in [-0.05, 0) is 36.8 Å². The fourth-order valence-electron chi connectivity index (χ4n) is 3.05. The summed E-state index contributed by atoms with van der Waals surface area (Å²) in [7, 11) is 0.323. The highest BCUT2D eigenvalue weighted by Crippen LogP contribution is 2.44. The van der Waals surface area contributed by atoms with Crippen molar-refractivity contribution in [1.29, 1.82) is 0 Å². The third-order valence-corrected chi connectivity index (χ3v) is 6.91. The number of benzene rings is 2. The second kappa shape index (κ2) is 7.48. The Morgan fingerprint density at radius 3 is 2.36 bits per heavy atom. The zero-order chi connectivity index (χ0) is 20.6. The van der Waals surface area contributed by atoms with Crippen LogP contribution in [-0.2, 0) is 14.8 Å². The number of hydrogen-bond acceptors (Lipinski definition) is 5. The Bertz CT molecular complexity index is 1100. The van der Waals surface area contributed by atoms with E-state index in [0.717, 1.165) is 8.78 Å². The number of methoxy groups -OCH3 is 2. The first-order valence-electron chi connectivity index (χ1n) is 8.23. The summed E-state index contributed by atoms with van der Waals surface area (Å²) in [5.74, 6) is 0.140. The molecular formula is C19H19BrN2O5S. The zero-order valence-corrected chi connectivity index (χ0v) is 18.1. The monoisotopic (exact) mass is 466 g/mol. The number of ether oxygens (including phenoxy) is 2.